The maximum atomic E-state index is 12.8. The fraction of sp³-hybridized carbons (Fsp3) is 1.00. The minimum Gasteiger partial charge on any atom is -0.394 e. The average Bonchev–Trinajstić information content (AvgIpc) is 4.02. The molecule has 4 aliphatic heterocycles. The molecule has 8 fully saturated rings. The molecule has 4 aliphatic carbocycles. The summed E-state index contributed by atoms with van der Waals surface area (Å²) >= 11 is 0. The third-order valence-electron chi connectivity index (χ3n) is 21.0. The summed E-state index contributed by atoms with van der Waals surface area (Å²) in [5.74, 6) is -0.847. The van der Waals surface area contributed by atoms with Crippen molar-refractivity contribution < 1.29 is 120 Å². The molecule has 448 valence electrons. The molecular weight excluding hydrogens is 1020 g/mol. The minimum atomic E-state index is -1.83. The van der Waals surface area contributed by atoms with Crippen molar-refractivity contribution in [2.45, 2.75) is 259 Å². The van der Waals surface area contributed by atoms with Crippen LogP contribution < -0.4 is 0 Å². The topological polar surface area (TPSA) is 398 Å². The lowest BCUT2D eigenvalue weighted by Gasteiger charge is -2.71. The monoisotopic (exact) mass is 1110 g/mol. The standard InChI is InChI=1S/C53H92O24/c1-48(2)28-10-15-51(6)29(50(28,5)13-12-31(48)75-47-43(39(65)35(61)26(19-55)73-47)76-45-41(67)37(63)34(60)25(18-54)72-45)17-23(56)32-22(9-14-52(32,51)7)53(8,16-11-30(58)49(3,4)69)77-46-42(68)38(64)36(62)27(74-46)21-71-44-40(66)33(59)24(57)20-70-44/h22-47,54-69H,9-21H2,1-8H3/t22-,23+,24+,25+,26+,27+,28-,29+,30?,31-,32-,33-,34+,35+,36+,37-,38-,39-,40+,41+,42+,43+,44-,45-,46-,47-,50-,51+,52+,53-/m0/s1. The highest BCUT2D eigenvalue weighted by Gasteiger charge is 2.72. The molecule has 0 amide bonds. The number of rotatable bonds is 16. The van der Waals surface area contributed by atoms with Crippen molar-refractivity contribution in [3.63, 3.8) is 0 Å². The van der Waals surface area contributed by atoms with E-state index in [1.807, 2.05) is 6.92 Å². The lowest BCUT2D eigenvalue weighted by molar-refractivity contribution is -0.378. The van der Waals surface area contributed by atoms with Gasteiger partial charge in [0.15, 0.2) is 25.2 Å². The first kappa shape index (κ1) is 62.1. The second-order valence-corrected chi connectivity index (χ2v) is 26.2. The zero-order valence-electron chi connectivity index (χ0n) is 45.6. The predicted molar refractivity (Wildman–Crippen MR) is 263 cm³/mol. The molecular formula is C53H92O24. The molecule has 77 heavy (non-hydrogen) atoms. The number of aliphatic hydroxyl groups is 16. The summed E-state index contributed by atoms with van der Waals surface area (Å²) in [6, 6.07) is 0. The van der Waals surface area contributed by atoms with Gasteiger partial charge in [0.05, 0.1) is 55.9 Å². The molecule has 16 N–H and O–H groups in total. The van der Waals surface area contributed by atoms with Crippen molar-refractivity contribution in [2.75, 3.05) is 26.4 Å². The summed E-state index contributed by atoms with van der Waals surface area (Å²) in [4.78, 5) is 0. The molecule has 24 heteroatoms. The molecule has 0 aromatic heterocycles. The maximum Gasteiger partial charge on any atom is 0.187 e. The zero-order chi connectivity index (χ0) is 56.9. The van der Waals surface area contributed by atoms with Crippen LogP contribution in [0.15, 0.2) is 0 Å². The third kappa shape index (κ3) is 11.0. The summed E-state index contributed by atoms with van der Waals surface area (Å²) in [6.07, 6.45) is -28.4. The molecule has 4 saturated carbocycles. The molecule has 0 spiro atoms. The lowest BCUT2D eigenvalue weighted by atomic mass is 9.35. The number of hydrogen-bond acceptors (Lipinski definition) is 24. The maximum absolute atomic E-state index is 12.8. The van der Waals surface area contributed by atoms with Crippen molar-refractivity contribution in [3.05, 3.63) is 0 Å². The van der Waals surface area contributed by atoms with E-state index in [0.717, 1.165) is 12.8 Å². The Morgan fingerprint density at radius 2 is 1.13 bits per heavy atom. The van der Waals surface area contributed by atoms with Gasteiger partial charge in [-0.1, -0.05) is 34.6 Å². The van der Waals surface area contributed by atoms with Crippen LogP contribution in [0.1, 0.15) is 113 Å². The molecule has 0 aromatic rings. The number of hydrogen-bond donors (Lipinski definition) is 16. The number of fused-ring (bicyclic) bond motifs is 5. The summed E-state index contributed by atoms with van der Waals surface area (Å²) in [5.41, 5.74) is -4.65. The Bertz CT molecular complexity index is 1960. The van der Waals surface area contributed by atoms with Gasteiger partial charge in [-0.3, -0.25) is 0 Å². The van der Waals surface area contributed by atoms with Crippen LogP contribution in [-0.2, 0) is 37.9 Å². The Morgan fingerprint density at radius 1 is 0.571 bits per heavy atom. The normalized spacial score (nSPS) is 52.4. The van der Waals surface area contributed by atoms with Gasteiger partial charge in [-0.25, -0.2) is 0 Å². The lowest BCUT2D eigenvalue weighted by Crippen LogP contribution is -2.68. The van der Waals surface area contributed by atoms with E-state index < -0.39 is 189 Å². The van der Waals surface area contributed by atoms with Crippen LogP contribution in [-0.4, -0.2) is 254 Å². The highest BCUT2D eigenvalue weighted by Crippen LogP contribution is 2.76. The molecule has 8 aliphatic rings. The molecule has 0 aromatic carbocycles. The Kier molecular flexibility index (Phi) is 18.5. The van der Waals surface area contributed by atoms with Gasteiger partial charge in [-0.2, -0.15) is 0 Å². The first-order valence-corrected chi connectivity index (χ1v) is 27.8. The Labute approximate surface area is 449 Å². The fourth-order valence-corrected chi connectivity index (χ4v) is 16.1. The first-order valence-electron chi connectivity index (χ1n) is 27.8. The van der Waals surface area contributed by atoms with Crippen molar-refractivity contribution in [2.24, 2.45) is 45.3 Å². The molecule has 0 bridgehead atoms. The molecule has 4 heterocycles. The van der Waals surface area contributed by atoms with Crippen molar-refractivity contribution >= 4 is 0 Å². The van der Waals surface area contributed by atoms with Crippen LogP contribution in [0.25, 0.3) is 0 Å². The van der Waals surface area contributed by atoms with E-state index in [0.29, 0.717) is 32.1 Å². The summed E-state index contributed by atoms with van der Waals surface area (Å²) in [6.45, 7) is 13.6. The van der Waals surface area contributed by atoms with Crippen LogP contribution in [0.5, 0.6) is 0 Å². The first-order chi connectivity index (χ1) is 35.8. The van der Waals surface area contributed by atoms with E-state index in [1.165, 1.54) is 13.8 Å². The Hall–Kier alpha value is -0.960. The van der Waals surface area contributed by atoms with Gasteiger partial charge in [-0.15, -0.1) is 0 Å². The van der Waals surface area contributed by atoms with Crippen molar-refractivity contribution in [1.82, 2.24) is 0 Å². The quantitative estimate of drug-likeness (QED) is 0.0670. The highest BCUT2D eigenvalue weighted by atomic mass is 16.8. The van der Waals surface area contributed by atoms with Gasteiger partial charge < -0.3 is 120 Å². The highest BCUT2D eigenvalue weighted by molar-refractivity contribution is 5.20. The van der Waals surface area contributed by atoms with Crippen molar-refractivity contribution in [1.29, 1.82) is 0 Å². The molecule has 30 atom stereocenters. The van der Waals surface area contributed by atoms with Crippen LogP contribution in [0, 0.1) is 45.3 Å². The molecule has 4 saturated heterocycles. The smallest absolute Gasteiger partial charge is 0.187 e. The Morgan fingerprint density at radius 3 is 1.75 bits per heavy atom. The SMILES string of the molecule is CC(C)(O)C(O)CC[C@](C)(O[C@@H]1O[C@H](CO[C@@H]2OC[C@@H](O)[C@H](O)[C@H]2O)[C@@H](O)[C@H](O)[C@H]1O)[C@H]1CC[C@]2(C)[C@@H]1[C@H](O)C[C@@H]1[C@@]3(C)CC[C@H](O[C@@H]4O[C@H](CO)[C@@H](O)[C@H](O)[C@H]4O[C@@H]4O[C@H](CO)[C@@H](O)[C@H](O)[C@H]4O)C(C)(C)[C@@H]3CC[C@]12C. The number of ether oxygens (including phenoxy) is 8. The van der Waals surface area contributed by atoms with Crippen LogP contribution in [0.3, 0.4) is 0 Å². The second kappa shape index (κ2) is 22.9. The predicted octanol–water partition coefficient (Wildman–Crippen LogP) is -3.40. The van der Waals surface area contributed by atoms with Gasteiger partial charge in [0.1, 0.15) is 91.6 Å². The Balaban J connectivity index is 1.02. The molecule has 8 rings (SSSR count). The van der Waals surface area contributed by atoms with Gasteiger partial charge in [0, 0.05) is 0 Å². The number of aliphatic hydroxyl groups excluding tert-OH is 15. The summed E-state index contributed by atoms with van der Waals surface area (Å²) < 4.78 is 48.5. The van der Waals surface area contributed by atoms with E-state index in [-0.39, 0.29) is 42.1 Å². The average molecular weight is 1110 g/mol. The third-order valence-corrected chi connectivity index (χ3v) is 21.0. The van der Waals surface area contributed by atoms with Crippen LogP contribution >= 0.6 is 0 Å². The van der Waals surface area contributed by atoms with Gasteiger partial charge in [0.2, 0.25) is 0 Å². The minimum absolute atomic E-state index is 0.000834. The molecule has 24 nitrogen and oxygen atoms in total. The van der Waals surface area contributed by atoms with E-state index in [1.54, 1.807) is 0 Å². The van der Waals surface area contributed by atoms with E-state index in [4.69, 9.17) is 37.9 Å². The van der Waals surface area contributed by atoms with Crippen LogP contribution in [0.2, 0.25) is 0 Å². The summed E-state index contributed by atoms with van der Waals surface area (Å²) in [7, 11) is 0. The van der Waals surface area contributed by atoms with E-state index in [2.05, 4.69) is 34.6 Å². The van der Waals surface area contributed by atoms with Gasteiger partial charge >= 0.3 is 0 Å². The fourth-order valence-electron chi connectivity index (χ4n) is 16.1. The second-order valence-electron chi connectivity index (χ2n) is 26.2. The largest absolute Gasteiger partial charge is 0.394 e. The molecule has 1 unspecified atom stereocenters. The van der Waals surface area contributed by atoms with Gasteiger partial charge in [0.25, 0.3) is 0 Å². The summed E-state index contributed by atoms with van der Waals surface area (Å²) in [5, 5.41) is 173. The van der Waals surface area contributed by atoms with E-state index in [9.17, 15) is 81.7 Å². The molecule has 0 radical (unpaired) electrons. The van der Waals surface area contributed by atoms with E-state index >= 15 is 0 Å². The zero-order valence-corrected chi connectivity index (χ0v) is 45.6. The van der Waals surface area contributed by atoms with Crippen LogP contribution in [0.4, 0.5) is 0 Å². The van der Waals surface area contributed by atoms with Crippen molar-refractivity contribution in [3.8, 4) is 0 Å². The van der Waals surface area contributed by atoms with Gasteiger partial charge in [-0.05, 0) is 124 Å².